The molecule has 4 amide bonds. The summed E-state index contributed by atoms with van der Waals surface area (Å²) in [6.07, 6.45) is 7.08. The number of nitrogens with zero attached hydrogens (tertiary/aromatic N) is 6. The summed E-state index contributed by atoms with van der Waals surface area (Å²) in [5, 5.41) is 31.0. The number of amides is 4. The molecule has 4 aromatic heterocycles. The van der Waals surface area contributed by atoms with Crippen LogP contribution in [0.15, 0.2) is 36.4 Å². The van der Waals surface area contributed by atoms with Crippen molar-refractivity contribution in [2.75, 3.05) is 30.2 Å². The molecule has 2 aliphatic carbocycles. The van der Waals surface area contributed by atoms with E-state index in [4.69, 9.17) is 47.7 Å². The van der Waals surface area contributed by atoms with E-state index in [0.717, 1.165) is 62.8 Å². The van der Waals surface area contributed by atoms with E-state index in [1.54, 1.807) is 38.5 Å². The van der Waals surface area contributed by atoms with Crippen LogP contribution in [-0.2, 0) is 9.47 Å². The summed E-state index contributed by atoms with van der Waals surface area (Å²) in [5.41, 5.74) is 18.0. The van der Waals surface area contributed by atoms with Gasteiger partial charge in [-0.3, -0.25) is 9.59 Å². The second kappa shape index (κ2) is 26.8. The second-order valence-electron chi connectivity index (χ2n) is 20.3. The molecular weight excluding hydrogens is 960 g/mol. The number of nitrogens with one attached hydrogen (secondary N) is 5. The molecule has 2 fully saturated rings. The number of hydrogen-bond donors (Lipinski definition) is 8. The highest BCUT2D eigenvalue weighted by Gasteiger charge is 2.30. The number of pyridine rings is 2. The third kappa shape index (κ3) is 19.0. The summed E-state index contributed by atoms with van der Waals surface area (Å²) < 4.78 is 21.3. The van der Waals surface area contributed by atoms with Crippen molar-refractivity contribution in [3.8, 4) is 11.5 Å². The number of alkyl carbamates (subject to hydrolysis) is 2. The van der Waals surface area contributed by atoms with E-state index in [1.807, 2.05) is 75.3 Å². The van der Waals surface area contributed by atoms with Crippen molar-refractivity contribution < 1.29 is 38.1 Å². The molecule has 0 saturated heterocycles. The smallest absolute Gasteiger partial charge is 0.407 e. The van der Waals surface area contributed by atoms with Gasteiger partial charge >= 0.3 is 12.2 Å². The molecule has 6 rings (SSSR count). The molecule has 22 nitrogen and oxygen atoms in total. The van der Waals surface area contributed by atoms with Gasteiger partial charge in [0.2, 0.25) is 0 Å². The van der Waals surface area contributed by atoms with Gasteiger partial charge in [-0.25, -0.2) is 19.6 Å². The monoisotopic (exact) mass is 1030 g/mol. The lowest BCUT2D eigenvalue weighted by molar-refractivity contribution is 0.0475. The van der Waals surface area contributed by atoms with Crippen LogP contribution in [0.5, 0.6) is 11.5 Å². The van der Waals surface area contributed by atoms with Crippen LogP contribution in [0.1, 0.15) is 165 Å². The minimum atomic E-state index is -0.712. The Morgan fingerprint density at radius 2 is 1.03 bits per heavy atom. The Labute approximate surface area is 433 Å². The molecule has 0 aliphatic heterocycles. The van der Waals surface area contributed by atoms with Crippen LogP contribution >= 0.6 is 11.6 Å². The zero-order chi connectivity index (χ0) is 54.2. The normalized spacial score (nSPS) is 17.6. The molecule has 0 spiro atoms. The predicted octanol–water partition coefficient (Wildman–Crippen LogP) is 8.37. The van der Waals surface area contributed by atoms with Crippen molar-refractivity contribution >= 4 is 64.4 Å². The van der Waals surface area contributed by atoms with E-state index in [-0.39, 0.29) is 58.6 Å². The maximum atomic E-state index is 12.4. The van der Waals surface area contributed by atoms with Crippen LogP contribution in [0, 0.1) is 0 Å². The van der Waals surface area contributed by atoms with Crippen LogP contribution in [0.4, 0.5) is 38.4 Å². The standard InChI is InChI=1S/C25H37N7O4.C14H16ClN5O2.C11H22N2O2/c1-14(2)21-18(35-6)11-12-19(30-21)28-17-13-20(31-32-22(17)23(26)33)27-15-9-7-8-10-16(15)29-24(34)36-25(3,4)5;1-7(2)12-9(22-3)4-5-11(18-12)17-8-6-10(15)19-20-13(8)14(16)21;1-11(2,3)15-10(14)13-9-7-5-4-6-8(9)12/h11-16H,7-10H2,1-6H3,(H2,26,33)(H,29,34)(H2,27,28,30,31);4-7H,1-3H3,(H2,16,21)(H,17,18,19);8-9H,4-7,12H2,1-3H3,(H,13,14)/t15-,16+;;8-,9+/m1.1/s1. The van der Waals surface area contributed by atoms with Crippen molar-refractivity contribution in [1.29, 1.82) is 0 Å². The molecule has 0 unspecified atom stereocenters. The van der Waals surface area contributed by atoms with Crippen molar-refractivity contribution in [1.82, 2.24) is 41.0 Å². The number of rotatable bonds is 14. The Bertz CT molecular complexity index is 2500. The van der Waals surface area contributed by atoms with E-state index >= 15 is 0 Å². The molecule has 4 atom stereocenters. The maximum absolute atomic E-state index is 12.4. The number of carbonyl (C=O) groups excluding carboxylic acids is 4. The first-order chi connectivity index (χ1) is 34.3. The lowest BCUT2D eigenvalue weighted by atomic mass is 9.90. The number of hydrogen-bond acceptors (Lipinski definition) is 18. The average molecular weight is 1040 g/mol. The maximum Gasteiger partial charge on any atom is 0.407 e. The van der Waals surface area contributed by atoms with Crippen molar-refractivity contribution in [3.05, 3.63) is 64.3 Å². The van der Waals surface area contributed by atoms with Gasteiger partial charge in [-0.15, -0.1) is 20.4 Å². The lowest BCUT2D eigenvalue weighted by Crippen LogP contribution is -2.50. The van der Waals surface area contributed by atoms with Crippen LogP contribution in [0.25, 0.3) is 0 Å². The number of methoxy groups -OCH3 is 2. The first-order valence-electron chi connectivity index (χ1n) is 24.4. The van der Waals surface area contributed by atoms with Gasteiger partial charge in [0.15, 0.2) is 22.4 Å². The average Bonchev–Trinajstić information content (AvgIpc) is 3.29. The van der Waals surface area contributed by atoms with Crippen LogP contribution < -0.4 is 53.3 Å². The highest BCUT2D eigenvalue weighted by atomic mass is 35.5. The van der Waals surface area contributed by atoms with Gasteiger partial charge in [0.25, 0.3) is 11.8 Å². The van der Waals surface area contributed by atoms with Crippen molar-refractivity contribution in [3.63, 3.8) is 0 Å². The van der Waals surface area contributed by atoms with Crippen molar-refractivity contribution in [2.45, 2.75) is 168 Å². The number of aromatic nitrogens is 6. The fourth-order valence-corrected chi connectivity index (χ4v) is 7.97. The van der Waals surface area contributed by atoms with Crippen LogP contribution in [0.2, 0.25) is 5.15 Å². The molecule has 73 heavy (non-hydrogen) atoms. The highest BCUT2D eigenvalue weighted by Crippen LogP contribution is 2.31. The van der Waals surface area contributed by atoms with E-state index < -0.39 is 29.1 Å². The van der Waals surface area contributed by atoms with Crippen LogP contribution in [-0.4, -0.2) is 104 Å². The van der Waals surface area contributed by atoms with Crippen molar-refractivity contribution in [2.24, 2.45) is 17.2 Å². The van der Waals surface area contributed by atoms with E-state index in [0.29, 0.717) is 40.3 Å². The summed E-state index contributed by atoms with van der Waals surface area (Å²) in [5.74, 6) is 1.75. The number of nitrogens with two attached hydrogens (primary N) is 3. The van der Waals surface area contributed by atoms with Gasteiger partial charge in [0, 0.05) is 30.3 Å². The molecule has 400 valence electrons. The van der Waals surface area contributed by atoms with Gasteiger partial charge in [0.1, 0.15) is 34.3 Å². The number of anilines is 5. The number of carbonyl (C=O) groups is 4. The first kappa shape index (κ1) is 58.8. The fourth-order valence-electron chi connectivity index (χ4n) is 7.82. The summed E-state index contributed by atoms with van der Waals surface area (Å²) in [4.78, 5) is 56.4. The molecule has 11 N–H and O–H groups in total. The topological polar surface area (TPSA) is 321 Å². The Balaban J connectivity index is 0.000000264. The van der Waals surface area contributed by atoms with E-state index in [9.17, 15) is 19.2 Å². The largest absolute Gasteiger partial charge is 0.495 e. The van der Waals surface area contributed by atoms with E-state index in [2.05, 4.69) is 56.9 Å². The van der Waals surface area contributed by atoms with E-state index in [1.165, 1.54) is 6.07 Å². The van der Waals surface area contributed by atoms with Gasteiger partial charge in [-0.2, -0.15) is 0 Å². The summed E-state index contributed by atoms with van der Waals surface area (Å²) >= 11 is 5.81. The molecule has 0 radical (unpaired) electrons. The SMILES string of the molecule is CC(C)(C)OC(=O)N[C@H]1CCCC[C@H]1N.COc1ccc(Nc2cc(Cl)nnc2C(N)=O)nc1C(C)C.COc1ccc(Nc2cc(N[C@@H]3CCCC[C@@H]3NC(=O)OC(C)(C)C)nnc2C(N)=O)nc1C(C)C. The minimum Gasteiger partial charge on any atom is -0.495 e. The Kier molecular flexibility index (Phi) is 21.5. The second-order valence-corrected chi connectivity index (χ2v) is 20.7. The third-order valence-electron chi connectivity index (χ3n) is 11.2. The van der Waals surface area contributed by atoms with Gasteiger partial charge in [-0.05, 0) is 103 Å². The quantitative estimate of drug-likeness (QED) is 0.0588. The Hall–Kier alpha value is -6.81. The molecule has 2 saturated carbocycles. The minimum absolute atomic E-state index is 0.00339. The Morgan fingerprint density at radius 3 is 1.47 bits per heavy atom. The molecule has 4 heterocycles. The Morgan fingerprint density at radius 1 is 0.603 bits per heavy atom. The number of ether oxygens (including phenoxy) is 4. The third-order valence-corrected chi connectivity index (χ3v) is 11.4. The molecule has 4 aromatic rings. The van der Waals surface area contributed by atoms with Crippen LogP contribution in [0.3, 0.4) is 0 Å². The van der Waals surface area contributed by atoms with Gasteiger partial charge in [-0.1, -0.05) is 65.0 Å². The summed E-state index contributed by atoms with van der Waals surface area (Å²) in [6.45, 7) is 19.1. The highest BCUT2D eigenvalue weighted by molar-refractivity contribution is 6.29. The zero-order valence-electron chi connectivity index (χ0n) is 44.1. The van der Waals surface area contributed by atoms with Gasteiger partial charge in [0.05, 0.1) is 43.0 Å². The molecule has 2 aliphatic rings. The zero-order valence-corrected chi connectivity index (χ0v) is 44.9. The summed E-state index contributed by atoms with van der Waals surface area (Å²) in [7, 11) is 3.19. The molecule has 23 heteroatoms. The fraction of sp³-hybridized carbons (Fsp3) is 0.560. The summed E-state index contributed by atoms with van der Waals surface area (Å²) in [6, 6.07) is 10.2. The van der Waals surface area contributed by atoms with Gasteiger partial charge < -0.3 is 62.7 Å². The number of primary amides is 2. The predicted molar refractivity (Wildman–Crippen MR) is 281 cm³/mol. The molecule has 0 aromatic carbocycles. The lowest BCUT2D eigenvalue weighted by Gasteiger charge is -2.33. The molecular formula is C50H75ClN14O8. The first-order valence-corrected chi connectivity index (χ1v) is 24.8. The number of halogens is 1. The molecule has 0 bridgehead atoms.